The molecule has 1 atom stereocenters. The third-order valence-electron chi connectivity index (χ3n) is 5.44. The molecule has 4 rings (SSSR count). The lowest BCUT2D eigenvalue weighted by Crippen LogP contribution is -2.47. The van der Waals surface area contributed by atoms with Crippen LogP contribution in [0.15, 0.2) is 103 Å². The second kappa shape index (κ2) is 9.26. The van der Waals surface area contributed by atoms with Crippen molar-refractivity contribution in [3.05, 3.63) is 120 Å². The molecule has 4 heteroatoms. The van der Waals surface area contributed by atoms with Crippen LogP contribution in [0.2, 0.25) is 0 Å². The average Bonchev–Trinajstić information content (AvgIpc) is 2.80. The number of carbonyl (C=O) groups excluding carboxylic acids is 2. The lowest BCUT2D eigenvalue weighted by atomic mass is 9.90. The van der Waals surface area contributed by atoms with E-state index in [-0.39, 0.29) is 5.91 Å². The zero-order chi connectivity index (χ0) is 21.6. The minimum absolute atomic E-state index is 0.248. The van der Waals surface area contributed by atoms with Gasteiger partial charge in [0, 0.05) is 6.42 Å². The molecule has 0 saturated heterocycles. The Morgan fingerprint density at radius 3 is 1.84 bits per heavy atom. The summed E-state index contributed by atoms with van der Waals surface area (Å²) in [5.41, 5.74) is 8.34. The van der Waals surface area contributed by atoms with Gasteiger partial charge in [0.05, 0.1) is 5.92 Å². The van der Waals surface area contributed by atoms with Crippen LogP contribution in [-0.2, 0) is 16.0 Å². The Kier molecular flexibility index (Phi) is 6.08. The summed E-state index contributed by atoms with van der Waals surface area (Å²) in [5, 5.41) is 5.11. The number of nitrogens with two attached hydrogens (primary N) is 1. The largest absolute Gasteiger partial charge is 0.368 e. The molecule has 4 nitrogen and oxygen atoms in total. The fourth-order valence-corrected chi connectivity index (χ4v) is 3.87. The number of carbonyl (C=O) groups is 2. The first-order chi connectivity index (χ1) is 15.1. The highest BCUT2D eigenvalue weighted by Gasteiger charge is 2.27. The highest BCUT2D eigenvalue weighted by Crippen LogP contribution is 2.25. The lowest BCUT2D eigenvalue weighted by Gasteiger charge is -2.22. The van der Waals surface area contributed by atoms with Gasteiger partial charge >= 0.3 is 0 Å². The Labute approximate surface area is 181 Å². The molecule has 0 bridgehead atoms. The van der Waals surface area contributed by atoms with Crippen molar-refractivity contribution in [2.75, 3.05) is 0 Å². The van der Waals surface area contributed by atoms with Crippen LogP contribution < -0.4 is 11.1 Å². The van der Waals surface area contributed by atoms with Crippen LogP contribution in [0.3, 0.4) is 0 Å². The molecule has 0 saturated carbocycles. The van der Waals surface area contributed by atoms with Crippen LogP contribution in [0.1, 0.15) is 22.6 Å². The molecule has 4 aromatic carbocycles. The molecule has 4 aromatic rings. The van der Waals surface area contributed by atoms with E-state index in [0.717, 1.165) is 27.5 Å². The van der Waals surface area contributed by atoms with Gasteiger partial charge in [0.2, 0.25) is 11.8 Å². The maximum absolute atomic E-state index is 13.3. The van der Waals surface area contributed by atoms with Crippen LogP contribution in [0.4, 0.5) is 0 Å². The second-order valence-electron chi connectivity index (χ2n) is 7.60. The third kappa shape index (κ3) is 4.81. The summed E-state index contributed by atoms with van der Waals surface area (Å²) in [4.78, 5) is 25.5. The first-order valence-corrected chi connectivity index (χ1v) is 10.3. The van der Waals surface area contributed by atoms with E-state index in [9.17, 15) is 9.59 Å². The van der Waals surface area contributed by atoms with E-state index in [4.69, 9.17) is 5.73 Å². The highest BCUT2D eigenvalue weighted by molar-refractivity contribution is 5.92. The van der Waals surface area contributed by atoms with Gasteiger partial charge in [-0.2, -0.15) is 0 Å². The number of hydrogen-bond acceptors (Lipinski definition) is 2. The van der Waals surface area contributed by atoms with E-state index in [1.807, 2.05) is 103 Å². The quantitative estimate of drug-likeness (QED) is 0.481. The van der Waals surface area contributed by atoms with E-state index in [0.29, 0.717) is 6.42 Å². The number of benzene rings is 4. The molecule has 2 amide bonds. The smallest absolute Gasteiger partial charge is 0.240 e. The molecule has 0 spiro atoms. The number of hydrogen-bond donors (Lipinski definition) is 2. The minimum atomic E-state index is -0.802. The van der Waals surface area contributed by atoms with Gasteiger partial charge in [0.1, 0.15) is 6.04 Å². The van der Waals surface area contributed by atoms with Gasteiger partial charge in [0.25, 0.3) is 0 Å². The average molecular weight is 409 g/mol. The van der Waals surface area contributed by atoms with Gasteiger partial charge in [-0.05, 0) is 27.5 Å². The summed E-state index contributed by atoms with van der Waals surface area (Å²) in [6, 6.07) is 32.3. The first kappa shape index (κ1) is 20.4. The Hall–Kier alpha value is -3.92. The summed E-state index contributed by atoms with van der Waals surface area (Å²) in [6.45, 7) is 0. The fraction of sp³-hybridized carbons (Fsp3) is 0.111. The molecule has 0 aromatic heterocycles. The van der Waals surface area contributed by atoms with Crippen molar-refractivity contribution in [2.45, 2.75) is 18.4 Å². The maximum atomic E-state index is 13.3. The number of nitrogens with one attached hydrogen (secondary N) is 1. The van der Waals surface area contributed by atoms with Crippen LogP contribution >= 0.6 is 0 Å². The standard InChI is InChI=1S/C27H24N2O2/c28-26(30)24(18-19-15-16-20-9-7-8-14-23(20)17-19)29-27(31)25(21-10-3-1-4-11-21)22-12-5-2-6-13-22/h1-17,24-25H,18H2,(H2,28,30)(H,29,31)/t24-/m0/s1. The SMILES string of the molecule is NC(=O)[C@H](Cc1ccc2ccccc2c1)NC(=O)C(c1ccccc1)c1ccccc1. The van der Waals surface area contributed by atoms with Gasteiger partial charge in [-0.25, -0.2) is 0 Å². The molecule has 0 aliphatic heterocycles. The zero-order valence-electron chi connectivity index (χ0n) is 17.1. The van der Waals surface area contributed by atoms with Crippen molar-refractivity contribution in [1.82, 2.24) is 5.32 Å². The first-order valence-electron chi connectivity index (χ1n) is 10.3. The normalized spacial score (nSPS) is 11.9. The van der Waals surface area contributed by atoms with Crippen molar-refractivity contribution >= 4 is 22.6 Å². The molecule has 0 aliphatic carbocycles. The Morgan fingerprint density at radius 2 is 1.26 bits per heavy atom. The summed E-state index contributed by atoms with van der Waals surface area (Å²) >= 11 is 0. The highest BCUT2D eigenvalue weighted by atomic mass is 16.2. The molecule has 0 heterocycles. The monoisotopic (exact) mass is 408 g/mol. The van der Waals surface area contributed by atoms with E-state index in [1.165, 1.54) is 0 Å². The van der Waals surface area contributed by atoms with Crippen LogP contribution in [0.25, 0.3) is 10.8 Å². The van der Waals surface area contributed by atoms with E-state index in [2.05, 4.69) is 5.32 Å². The van der Waals surface area contributed by atoms with Crippen LogP contribution in [0, 0.1) is 0 Å². The van der Waals surface area contributed by atoms with Crippen LogP contribution in [0.5, 0.6) is 0 Å². The van der Waals surface area contributed by atoms with Crippen molar-refractivity contribution in [2.24, 2.45) is 5.73 Å². The third-order valence-corrected chi connectivity index (χ3v) is 5.44. The Balaban J connectivity index is 1.59. The topological polar surface area (TPSA) is 72.2 Å². The number of fused-ring (bicyclic) bond motifs is 1. The van der Waals surface area contributed by atoms with Gasteiger partial charge in [0.15, 0.2) is 0 Å². The van der Waals surface area contributed by atoms with E-state index < -0.39 is 17.9 Å². The minimum Gasteiger partial charge on any atom is -0.368 e. The molecule has 3 N–H and O–H groups in total. The summed E-state index contributed by atoms with van der Waals surface area (Å²) < 4.78 is 0. The Bertz CT molecular complexity index is 1150. The molecule has 154 valence electrons. The van der Waals surface area contributed by atoms with Crippen molar-refractivity contribution in [3.63, 3.8) is 0 Å². The fourth-order valence-electron chi connectivity index (χ4n) is 3.87. The van der Waals surface area contributed by atoms with Crippen molar-refractivity contribution in [3.8, 4) is 0 Å². The van der Waals surface area contributed by atoms with E-state index >= 15 is 0 Å². The summed E-state index contributed by atoms with van der Waals surface area (Å²) in [5.74, 6) is -1.33. The van der Waals surface area contributed by atoms with Crippen molar-refractivity contribution in [1.29, 1.82) is 0 Å². The summed E-state index contributed by atoms with van der Waals surface area (Å²) in [7, 11) is 0. The Morgan fingerprint density at radius 1 is 0.710 bits per heavy atom. The molecular formula is C27H24N2O2. The molecule has 31 heavy (non-hydrogen) atoms. The van der Waals surface area contributed by atoms with Gasteiger partial charge in [-0.3, -0.25) is 9.59 Å². The van der Waals surface area contributed by atoms with Crippen molar-refractivity contribution < 1.29 is 9.59 Å². The summed E-state index contributed by atoms with van der Waals surface area (Å²) in [6.07, 6.45) is 0.336. The second-order valence-corrected chi connectivity index (χ2v) is 7.60. The van der Waals surface area contributed by atoms with Gasteiger partial charge < -0.3 is 11.1 Å². The molecule has 0 unspecified atom stereocenters. The van der Waals surface area contributed by atoms with Gasteiger partial charge in [-0.15, -0.1) is 0 Å². The van der Waals surface area contributed by atoms with Crippen LogP contribution in [-0.4, -0.2) is 17.9 Å². The maximum Gasteiger partial charge on any atom is 0.240 e. The van der Waals surface area contributed by atoms with Gasteiger partial charge in [-0.1, -0.05) is 103 Å². The number of rotatable bonds is 7. The molecule has 0 fully saturated rings. The molecule has 0 radical (unpaired) electrons. The predicted octanol–water partition coefficient (Wildman–Crippen LogP) is 4.18. The molecular weight excluding hydrogens is 384 g/mol. The van der Waals surface area contributed by atoms with E-state index in [1.54, 1.807) is 0 Å². The predicted molar refractivity (Wildman–Crippen MR) is 124 cm³/mol. The number of amides is 2. The lowest BCUT2D eigenvalue weighted by molar-refractivity contribution is -0.127. The zero-order valence-corrected chi connectivity index (χ0v) is 17.1. The number of primary amides is 1. The molecule has 0 aliphatic rings.